The molecule has 0 aliphatic heterocycles. The minimum atomic E-state index is -0.0203. The van der Waals surface area contributed by atoms with Gasteiger partial charge in [0.1, 0.15) is 6.26 Å². The summed E-state index contributed by atoms with van der Waals surface area (Å²) < 4.78 is 5.59. The minimum Gasteiger partial charge on any atom is -0.444 e. The summed E-state index contributed by atoms with van der Waals surface area (Å²) in [7, 11) is 0. The van der Waals surface area contributed by atoms with Crippen LogP contribution in [0.5, 0.6) is 0 Å². The van der Waals surface area contributed by atoms with Crippen molar-refractivity contribution in [2.24, 2.45) is 4.99 Å². The highest BCUT2D eigenvalue weighted by molar-refractivity contribution is 14.0. The highest BCUT2D eigenvalue weighted by Gasteiger charge is 2.11. The Bertz CT molecular complexity index is 671. The molecule has 1 aromatic carbocycles. The van der Waals surface area contributed by atoms with Crippen molar-refractivity contribution < 1.29 is 4.42 Å². The van der Waals surface area contributed by atoms with E-state index in [0.29, 0.717) is 12.4 Å². The molecule has 25 heavy (non-hydrogen) atoms. The Kier molecular flexibility index (Phi) is 8.41. The molecule has 0 spiro atoms. The molecule has 6 heteroatoms. The number of aliphatic imine (C=N–C) groups is 1. The van der Waals surface area contributed by atoms with Crippen LogP contribution in [0.3, 0.4) is 0 Å². The molecule has 2 aromatic rings. The van der Waals surface area contributed by atoms with Gasteiger partial charge in [0.2, 0.25) is 5.89 Å². The van der Waals surface area contributed by atoms with Crippen LogP contribution in [-0.4, -0.2) is 29.6 Å². The maximum absolute atomic E-state index is 5.59. The number of nitrogens with zero attached hydrogens (tertiary/aromatic N) is 2. The molecular weight excluding hydrogens is 427 g/mol. The molecule has 0 saturated heterocycles. The molecule has 0 amide bonds. The Labute approximate surface area is 167 Å². The number of aromatic nitrogens is 1. The highest BCUT2D eigenvalue weighted by atomic mass is 127. The summed E-state index contributed by atoms with van der Waals surface area (Å²) in [5, 5.41) is 6.63. The molecule has 138 valence electrons. The number of oxazole rings is 1. The number of rotatable bonds is 5. The quantitative estimate of drug-likeness (QED) is 0.403. The van der Waals surface area contributed by atoms with Crippen molar-refractivity contribution in [1.29, 1.82) is 0 Å². The van der Waals surface area contributed by atoms with Crippen molar-refractivity contribution in [1.82, 2.24) is 15.6 Å². The third kappa shape index (κ3) is 7.46. The molecule has 5 nitrogen and oxygen atoms in total. The summed E-state index contributed by atoms with van der Waals surface area (Å²) >= 11 is 0. The van der Waals surface area contributed by atoms with E-state index in [2.05, 4.69) is 67.4 Å². The Morgan fingerprint density at radius 1 is 1.20 bits per heavy atom. The summed E-state index contributed by atoms with van der Waals surface area (Å²) in [6.07, 6.45) is 2.46. The van der Waals surface area contributed by atoms with Gasteiger partial charge in [0, 0.05) is 30.6 Å². The van der Waals surface area contributed by atoms with E-state index >= 15 is 0 Å². The SMILES string of the molecule is CCNC(=NCCc1coc(-c2ccc(C)cc2)n1)NC(C)(C)C.I. The van der Waals surface area contributed by atoms with Gasteiger partial charge in [0.15, 0.2) is 5.96 Å². The van der Waals surface area contributed by atoms with Gasteiger partial charge in [-0.15, -0.1) is 24.0 Å². The normalized spacial score (nSPS) is 11.8. The van der Waals surface area contributed by atoms with Crippen LogP contribution < -0.4 is 10.6 Å². The zero-order chi connectivity index (χ0) is 17.6. The van der Waals surface area contributed by atoms with Crippen molar-refractivity contribution in [3.05, 3.63) is 41.8 Å². The molecular formula is C19H29IN4O. The second-order valence-electron chi connectivity index (χ2n) is 6.90. The van der Waals surface area contributed by atoms with E-state index in [9.17, 15) is 0 Å². The van der Waals surface area contributed by atoms with Crippen molar-refractivity contribution >= 4 is 29.9 Å². The van der Waals surface area contributed by atoms with E-state index in [1.54, 1.807) is 6.26 Å². The molecule has 2 rings (SSSR count). The Morgan fingerprint density at radius 2 is 1.88 bits per heavy atom. The van der Waals surface area contributed by atoms with Gasteiger partial charge in [-0.3, -0.25) is 4.99 Å². The maximum atomic E-state index is 5.59. The molecule has 0 radical (unpaired) electrons. The van der Waals surface area contributed by atoms with Crippen LogP contribution in [0.4, 0.5) is 0 Å². The van der Waals surface area contributed by atoms with Crippen molar-refractivity contribution in [2.75, 3.05) is 13.1 Å². The molecule has 0 fully saturated rings. The van der Waals surface area contributed by atoms with Gasteiger partial charge in [-0.25, -0.2) is 4.98 Å². The van der Waals surface area contributed by atoms with E-state index in [0.717, 1.165) is 30.2 Å². The molecule has 0 atom stereocenters. The second-order valence-corrected chi connectivity index (χ2v) is 6.90. The van der Waals surface area contributed by atoms with Gasteiger partial charge in [0.25, 0.3) is 0 Å². The van der Waals surface area contributed by atoms with Crippen LogP contribution in [0.2, 0.25) is 0 Å². The van der Waals surface area contributed by atoms with E-state index in [-0.39, 0.29) is 29.5 Å². The minimum absolute atomic E-state index is 0. The van der Waals surface area contributed by atoms with E-state index < -0.39 is 0 Å². The smallest absolute Gasteiger partial charge is 0.226 e. The van der Waals surface area contributed by atoms with Gasteiger partial charge in [-0.2, -0.15) is 0 Å². The molecule has 2 N–H and O–H groups in total. The molecule has 0 bridgehead atoms. The first kappa shape index (κ1) is 21.5. The average Bonchev–Trinajstić information content (AvgIpc) is 2.95. The predicted octanol–water partition coefficient (Wildman–Crippen LogP) is 4.16. The average molecular weight is 456 g/mol. The molecule has 0 aliphatic rings. The Morgan fingerprint density at radius 3 is 2.48 bits per heavy atom. The predicted molar refractivity (Wildman–Crippen MR) is 115 cm³/mol. The zero-order valence-corrected chi connectivity index (χ0v) is 18.0. The van der Waals surface area contributed by atoms with Gasteiger partial charge >= 0.3 is 0 Å². The molecule has 1 heterocycles. The lowest BCUT2D eigenvalue weighted by Crippen LogP contribution is -2.47. The lowest BCUT2D eigenvalue weighted by Gasteiger charge is -2.23. The number of hydrogen-bond acceptors (Lipinski definition) is 3. The summed E-state index contributed by atoms with van der Waals surface area (Å²) in [4.78, 5) is 9.15. The first-order valence-corrected chi connectivity index (χ1v) is 8.45. The van der Waals surface area contributed by atoms with E-state index in [1.807, 2.05) is 12.1 Å². The zero-order valence-electron chi connectivity index (χ0n) is 15.7. The van der Waals surface area contributed by atoms with Crippen molar-refractivity contribution in [3.63, 3.8) is 0 Å². The van der Waals surface area contributed by atoms with Gasteiger partial charge < -0.3 is 15.1 Å². The van der Waals surface area contributed by atoms with Crippen LogP contribution in [0.25, 0.3) is 11.5 Å². The highest BCUT2D eigenvalue weighted by Crippen LogP contribution is 2.19. The van der Waals surface area contributed by atoms with Crippen LogP contribution in [0.15, 0.2) is 39.9 Å². The monoisotopic (exact) mass is 456 g/mol. The maximum Gasteiger partial charge on any atom is 0.226 e. The van der Waals surface area contributed by atoms with Crippen molar-refractivity contribution in [2.45, 2.75) is 46.6 Å². The largest absolute Gasteiger partial charge is 0.444 e. The Balaban J connectivity index is 0.00000312. The fourth-order valence-corrected chi connectivity index (χ4v) is 2.20. The first-order valence-electron chi connectivity index (χ1n) is 8.45. The fraction of sp³-hybridized carbons (Fsp3) is 0.474. The third-order valence-corrected chi connectivity index (χ3v) is 3.33. The number of nitrogens with one attached hydrogen (secondary N) is 2. The lowest BCUT2D eigenvalue weighted by molar-refractivity contribution is 0.501. The summed E-state index contributed by atoms with van der Waals surface area (Å²) in [5.74, 6) is 1.49. The summed E-state index contributed by atoms with van der Waals surface area (Å²) in [5.41, 5.74) is 3.12. The van der Waals surface area contributed by atoms with Crippen LogP contribution >= 0.6 is 24.0 Å². The number of guanidine groups is 1. The van der Waals surface area contributed by atoms with Crippen LogP contribution in [0.1, 0.15) is 39.0 Å². The van der Waals surface area contributed by atoms with Crippen LogP contribution in [0, 0.1) is 6.92 Å². The summed E-state index contributed by atoms with van der Waals surface area (Å²) in [6.45, 7) is 12.0. The molecule has 0 aliphatic carbocycles. The first-order chi connectivity index (χ1) is 11.4. The lowest BCUT2D eigenvalue weighted by atomic mass is 10.1. The van der Waals surface area contributed by atoms with Gasteiger partial charge in [0.05, 0.1) is 5.69 Å². The van der Waals surface area contributed by atoms with Crippen LogP contribution in [-0.2, 0) is 6.42 Å². The number of hydrogen-bond donors (Lipinski definition) is 2. The standard InChI is InChI=1S/C19H28N4O.HI/c1-6-20-18(23-19(3,4)5)21-12-11-16-13-24-17(22-16)15-9-7-14(2)8-10-15;/h7-10,13H,6,11-12H2,1-5H3,(H2,20,21,23);1H. The number of benzene rings is 1. The fourth-order valence-electron chi connectivity index (χ4n) is 2.20. The third-order valence-electron chi connectivity index (χ3n) is 3.33. The molecule has 0 unspecified atom stereocenters. The van der Waals surface area contributed by atoms with Gasteiger partial charge in [-0.1, -0.05) is 17.7 Å². The van der Waals surface area contributed by atoms with E-state index in [4.69, 9.17) is 4.42 Å². The van der Waals surface area contributed by atoms with E-state index in [1.165, 1.54) is 5.56 Å². The summed E-state index contributed by atoms with van der Waals surface area (Å²) in [6, 6.07) is 8.17. The Hall–Kier alpha value is -1.57. The van der Waals surface area contributed by atoms with Gasteiger partial charge in [-0.05, 0) is 46.8 Å². The number of halogens is 1. The van der Waals surface area contributed by atoms with Crippen molar-refractivity contribution in [3.8, 4) is 11.5 Å². The molecule has 1 aromatic heterocycles. The second kappa shape index (κ2) is 9.79. The number of aryl methyl sites for hydroxylation is 1. The molecule has 0 saturated carbocycles. The topological polar surface area (TPSA) is 62.5 Å².